The van der Waals surface area contributed by atoms with Crippen LogP contribution in [-0.4, -0.2) is 35.4 Å². The maximum atomic E-state index is 12.2. The number of fused-ring (bicyclic) bond motifs is 1. The van der Waals surface area contributed by atoms with E-state index in [1.165, 1.54) is 12.1 Å². The third-order valence-corrected chi connectivity index (χ3v) is 6.63. The topological polar surface area (TPSA) is 96.6 Å². The van der Waals surface area contributed by atoms with Crippen molar-refractivity contribution < 1.29 is 23.4 Å². The Morgan fingerprint density at radius 2 is 1.91 bits per heavy atom. The van der Waals surface area contributed by atoms with E-state index in [1.54, 1.807) is 13.0 Å². The summed E-state index contributed by atoms with van der Waals surface area (Å²) in [6.07, 6.45) is 6.28. The van der Waals surface area contributed by atoms with E-state index >= 15 is 0 Å². The average molecular weight is 496 g/mol. The Hall–Kier alpha value is -2.35. The van der Waals surface area contributed by atoms with Crippen molar-refractivity contribution in [1.82, 2.24) is 4.57 Å². The van der Waals surface area contributed by atoms with Crippen LogP contribution in [0.3, 0.4) is 0 Å². The van der Waals surface area contributed by atoms with E-state index in [9.17, 15) is 23.4 Å². The number of aliphatic hydroxyl groups is 1. The van der Waals surface area contributed by atoms with Crippen molar-refractivity contribution >= 4 is 38.3 Å². The van der Waals surface area contributed by atoms with Crippen LogP contribution in [0.2, 0.25) is 0 Å². The first-order valence-electron chi connectivity index (χ1n) is 10.6. The predicted molar refractivity (Wildman–Crippen MR) is 136 cm³/mol. The van der Waals surface area contributed by atoms with Gasteiger partial charge in [-0.2, -0.15) is 0 Å². The Labute approximate surface area is 201 Å². The van der Waals surface area contributed by atoms with Crippen LogP contribution in [0.4, 0.5) is 0 Å². The molecule has 0 radical (unpaired) electrons. The summed E-state index contributed by atoms with van der Waals surface area (Å²) >= 11 is 5.15. The zero-order valence-electron chi connectivity index (χ0n) is 19.9. The standard InChI is InChI=1S/C21H29NO5S.C4H5Cl/c1-6-8-9-22-20(15(7-2)10-19(24)25)13(3)17-11-16(28(5,26)27)12-18(14(4)23)21(17)22;1-3-4(2)5/h6,8,11-12,14-15,23H,7,9-10H2,1-5H3,(H,24,25);3H,1-2H2/b8-6+;/t14?,15-;/m1./s1. The fraction of sp³-hybridized carbons (Fsp3) is 0.400. The minimum absolute atomic E-state index is 0.00749. The molecular formula is C25H34ClNO5S. The lowest BCUT2D eigenvalue weighted by atomic mass is 9.95. The summed E-state index contributed by atoms with van der Waals surface area (Å²) in [5.41, 5.74) is 3.03. The van der Waals surface area contributed by atoms with Gasteiger partial charge in [0.1, 0.15) is 0 Å². The molecule has 182 valence electrons. The molecule has 2 aromatic rings. The van der Waals surface area contributed by atoms with E-state index in [4.69, 9.17) is 11.6 Å². The summed E-state index contributed by atoms with van der Waals surface area (Å²) in [4.78, 5) is 11.6. The number of halogens is 1. The quantitative estimate of drug-likeness (QED) is 0.334. The van der Waals surface area contributed by atoms with Crippen LogP contribution < -0.4 is 0 Å². The summed E-state index contributed by atoms with van der Waals surface area (Å²) in [5.74, 6) is -1.08. The lowest BCUT2D eigenvalue weighted by Gasteiger charge is -2.19. The molecular weight excluding hydrogens is 462 g/mol. The molecule has 1 aromatic carbocycles. The van der Waals surface area contributed by atoms with Gasteiger partial charge in [-0.1, -0.05) is 49.9 Å². The molecule has 2 N–H and O–H groups in total. The molecule has 0 saturated heterocycles. The van der Waals surface area contributed by atoms with Crippen molar-refractivity contribution in [2.75, 3.05) is 6.26 Å². The highest BCUT2D eigenvalue weighted by molar-refractivity contribution is 7.90. The second-order valence-electron chi connectivity index (χ2n) is 7.90. The normalized spacial score (nSPS) is 13.4. The largest absolute Gasteiger partial charge is 0.481 e. The Bertz CT molecular complexity index is 1160. The minimum Gasteiger partial charge on any atom is -0.481 e. The van der Waals surface area contributed by atoms with Crippen LogP contribution in [0, 0.1) is 6.92 Å². The SMILES string of the molecule is C/C=C/Cn1c([C@H](CC)CC(=O)O)c(C)c2cc(S(C)(=O)=O)cc(C(C)O)c21.C=CC(=C)Cl. The number of rotatable bonds is 9. The van der Waals surface area contributed by atoms with E-state index in [0.29, 0.717) is 23.6 Å². The number of carbonyl (C=O) groups is 1. The molecule has 0 aliphatic heterocycles. The van der Waals surface area contributed by atoms with Gasteiger partial charge in [-0.25, -0.2) is 8.42 Å². The van der Waals surface area contributed by atoms with E-state index < -0.39 is 21.9 Å². The molecule has 0 amide bonds. The van der Waals surface area contributed by atoms with Crippen LogP contribution in [0.25, 0.3) is 10.9 Å². The third kappa shape index (κ3) is 7.32. The number of aliphatic hydroxyl groups excluding tert-OH is 1. The zero-order chi connectivity index (χ0) is 25.5. The lowest BCUT2D eigenvalue weighted by Crippen LogP contribution is -2.13. The van der Waals surface area contributed by atoms with Gasteiger partial charge in [-0.15, -0.1) is 0 Å². The maximum absolute atomic E-state index is 12.2. The maximum Gasteiger partial charge on any atom is 0.304 e. The number of allylic oxidation sites excluding steroid dienone is 4. The smallest absolute Gasteiger partial charge is 0.304 e. The molecule has 8 heteroatoms. The molecule has 1 aromatic heterocycles. The predicted octanol–water partition coefficient (Wildman–Crippen LogP) is 5.88. The molecule has 2 rings (SSSR count). The summed E-state index contributed by atoms with van der Waals surface area (Å²) in [7, 11) is -3.46. The van der Waals surface area contributed by atoms with Gasteiger partial charge in [0.25, 0.3) is 0 Å². The van der Waals surface area contributed by atoms with Crippen LogP contribution in [0.5, 0.6) is 0 Å². The monoisotopic (exact) mass is 495 g/mol. The molecule has 2 atom stereocenters. The van der Waals surface area contributed by atoms with E-state index in [2.05, 4.69) is 13.2 Å². The highest BCUT2D eigenvalue weighted by Crippen LogP contribution is 2.38. The van der Waals surface area contributed by atoms with Crippen molar-refractivity contribution in [3.63, 3.8) is 0 Å². The van der Waals surface area contributed by atoms with E-state index in [0.717, 1.165) is 28.4 Å². The van der Waals surface area contributed by atoms with Gasteiger partial charge in [0.15, 0.2) is 9.84 Å². The number of aromatic nitrogens is 1. The van der Waals surface area contributed by atoms with Crippen LogP contribution in [0.1, 0.15) is 62.5 Å². The Morgan fingerprint density at radius 1 is 1.33 bits per heavy atom. The molecule has 6 nitrogen and oxygen atoms in total. The Kier molecular flexibility index (Phi) is 10.6. The molecule has 1 heterocycles. The van der Waals surface area contributed by atoms with Crippen molar-refractivity contribution in [2.24, 2.45) is 0 Å². The van der Waals surface area contributed by atoms with Gasteiger partial charge in [-0.3, -0.25) is 4.79 Å². The lowest BCUT2D eigenvalue weighted by molar-refractivity contribution is -0.137. The number of carboxylic acids is 1. The van der Waals surface area contributed by atoms with Crippen molar-refractivity contribution in [2.45, 2.75) is 64.0 Å². The summed E-state index contributed by atoms with van der Waals surface area (Å²) in [6, 6.07) is 3.16. The molecule has 0 fully saturated rings. The molecule has 1 unspecified atom stereocenters. The minimum atomic E-state index is -3.46. The number of carboxylic acid groups (broad SMARTS) is 1. The van der Waals surface area contributed by atoms with Gasteiger partial charge in [0.05, 0.1) is 22.9 Å². The molecule has 0 bridgehead atoms. The molecule has 33 heavy (non-hydrogen) atoms. The highest BCUT2D eigenvalue weighted by atomic mass is 35.5. The van der Waals surface area contributed by atoms with Gasteiger partial charge in [0.2, 0.25) is 0 Å². The first-order chi connectivity index (χ1) is 15.3. The zero-order valence-corrected chi connectivity index (χ0v) is 21.5. The van der Waals surface area contributed by atoms with Crippen LogP contribution in [-0.2, 0) is 21.2 Å². The number of hydrogen-bond donors (Lipinski definition) is 2. The van der Waals surface area contributed by atoms with E-state index in [-0.39, 0.29) is 17.2 Å². The molecule has 0 aliphatic rings. The van der Waals surface area contributed by atoms with Gasteiger partial charge >= 0.3 is 5.97 Å². The number of hydrogen-bond acceptors (Lipinski definition) is 4. The first kappa shape index (κ1) is 28.7. The number of sulfone groups is 1. The fourth-order valence-electron chi connectivity index (χ4n) is 3.78. The number of aliphatic carboxylic acids is 1. The van der Waals surface area contributed by atoms with Gasteiger partial charge < -0.3 is 14.8 Å². The van der Waals surface area contributed by atoms with E-state index in [1.807, 2.05) is 37.5 Å². The molecule has 0 spiro atoms. The molecule has 0 aliphatic carbocycles. The first-order valence-corrected chi connectivity index (χ1v) is 12.9. The third-order valence-electron chi connectivity index (χ3n) is 5.39. The van der Waals surface area contributed by atoms with Crippen molar-refractivity contribution in [3.05, 3.63) is 65.4 Å². The highest BCUT2D eigenvalue weighted by Gasteiger charge is 2.26. The fourth-order valence-corrected chi connectivity index (χ4v) is 4.46. The second-order valence-corrected chi connectivity index (χ2v) is 10.4. The van der Waals surface area contributed by atoms with Gasteiger partial charge in [-0.05, 0) is 44.9 Å². The Morgan fingerprint density at radius 3 is 2.30 bits per heavy atom. The molecule has 0 saturated carbocycles. The number of aryl methyl sites for hydroxylation is 1. The number of benzene rings is 1. The summed E-state index contributed by atoms with van der Waals surface area (Å²) < 4.78 is 26.4. The Balaban J connectivity index is 0.000000981. The van der Waals surface area contributed by atoms with Crippen LogP contribution >= 0.6 is 11.6 Å². The summed E-state index contributed by atoms with van der Waals surface area (Å²) in [5, 5.41) is 21.0. The number of nitrogens with zero attached hydrogens (tertiary/aromatic N) is 1. The van der Waals surface area contributed by atoms with Crippen LogP contribution in [0.15, 0.2) is 53.4 Å². The van der Waals surface area contributed by atoms with Crippen molar-refractivity contribution in [3.8, 4) is 0 Å². The summed E-state index contributed by atoms with van der Waals surface area (Å²) in [6.45, 7) is 14.5. The second kappa shape index (κ2) is 12.2. The van der Waals surface area contributed by atoms with Gasteiger partial charge in [0, 0.05) is 40.4 Å². The van der Waals surface area contributed by atoms with Crippen molar-refractivity contribution in [1.29, 1.82) is 0 Å². The average Bonchev–Trinajstić information content (AvgIpc) is 3.01.